The lowest BCUT2D eigenvalue weighted by Crippen LogP contribution is -2.65. The molecule has 1 fully saturated rings. The Morgan fingerprint density at radius 2 is 2.09 bits per heavy atom. The van der Waals surface area contributed by atoms with Crippen molar-refractivity contribution in [2.75, 3.05) is 33.2 Å². The Morgan fingerprint density at radius 1 is 1.36 bits per heavy atom. The number of pyridine rings is 1. The number of carbonyl (C=O) groups excluding carboxylic acids is 1. The normalized spacial score (nSPS) is 21.9. The van der Waals surface area contributed by atoms with Crippen LogP contribution < -0.4 is 4.74 Å². The Kier molecular flexibility index (Phi) is 7.24. The van der Waals surface area contributed by atoms with E-state index in [4.69, 9.17) is 9.84 Å². The number of hydrogen-bond acceptors (Lipinski definition) is 5. The van der Waals surface area contributed by atoms with Gasteiger partial charge in [0.05, 0.1) is 26.3 Å². The lowest BCUT2D eigenvalue weighted by molar-refractivity contribution is -0.861. The molecule has 1 amide bonds. The first-order valence-electron chi connectivity index (χ1n) is 10.6. The van der Waals surface area contributed by atoms with E-state index in [1.54, 1.807) is 19.1 Å². The molecule has 7 nitrogen and oxygen atoms in total. The van der Waals surface area contributed by atoms with Crippen LogP contribution in [0.5, 0.6) is 5.75 Å². The van der Waals surface area contributed by atoms with Gasteiger partial charge >= 0.3 is 11.9 Å². The van der Waals surface area contributed by atoms with Crippen LogP contribution in [-0.4, -0.2) is 70.6 Å². The highest BCUT2D eigenvalue weighted by Gasteiger charge is 2.41. The molecule has 33 heavy (non-hydrogen) atoms. The molecule has 2 aromatic rings. The van der Waals surface area contributed by atoms with Gasteiger partial charge in [-0.1, -0.05) is 18.7 Å². The quantitative estimate of drug-likeness (QED) is 0.504. The molecular weight excluding hydrogens is 432 g/mol. The summed E-state index contributed by atoms with van der Waals surface area (Å²) in [5, 5.41) is 8.99. The predicted molar refractivity (Wildman–Crippen MR) is 118 cm³/mol. The number of carbonyl (C=O) groups is 2. The fraction of sp³-hybridized carbons (Fsp3) is 0.375. The molecule has 9 heteroatoms. The number of piperazine rings is 1. The van der Waals surface area contributed by atoms with Crippen LogP contribution in [0.3, 0.4) is 0 Å². The number of hydrogen-bond donors (Lipinski definition) is 1. The first-order chi connectivity index (χ1) is 15.5. The number of amides is 1. The van der Waals surface area contributed by atoms with E-state index in [0.29, 0.717) is 37.3 Å². The molecule has 0 saturated carbocycles. The van der Waals surface area contributed by atoms with Crippen LogP contribution in [0.4, 0.5) is 8.78 Å². The van der Waals surface area contributed by atoms with Crippen LogP contribution in [0, 0.1) is 18.6 Å². The number of benzene rings is 1. The van der Waals surface area contributed by atoms with E-state index in [-0.39, 0.29) is 28.0 Å². The van der Waals surface area contributed by atoms with Crippen molar-refractivity contribution in [2.45, 2.75) is 26.0 Å². The zero-order valence-corrected chi connectivity index (χ0v) is 18.9. The Bertz CT molecular complexity index is 1080. The van der Waals surface area contributed by atoms with Gasteiger partial charge in [-0.3, -0.25) is 9.38 Å². The SMILES string of the molecule is C=CC(=O)[N+]1(C)CCN(C[C@@H](Oc2cnc(C(=O)O)c(F)c2)c2ccc(C)c(F)c2)C[C@H]1C. The average molecular weight is 461 g/mol. The molecule has 1 aliphatic heterocycles. The van der Waals surface area contributed by atoms with Crippen molar-refractivity contribution in [1.82, 2.24) is 9.88 Å². The van der Waals surface area contributed by atoms with Gasteiger partial charge in [-0.15, -0.1) is 0 Å². The third-order valence-corrected chi connectivity index (χ3v) is 6.34. The highest BCUT2D eigenvalue weighted by molar-refractivity contribution is 5.85. The third-order valence-electron chi connectivity index (χ3n) is 6.34. The number of likely N-dealkylation sites (N-methyl/N-ethyl adjacent to an activating group) is 1. The smallest absolute Gasteiger partial charge is 0.357 e. The summed E-state index contributed by atoms with van der Waals surface area (Å²) in [4.78, 5) is 29.1. The molecule has 1 aliphatic rings. The number of ether oxygens (including phenoxy) is 1. The number of carboxylic acid groups (broad SMARTS) is 1. The van der Waals surface area contributed by atoms with E-state index in [1.807, 2.05) is 14.0 Å². The second-order valence-corrected chi connectivity index (χ2v) is 8.56. The molecule has 0 bridgehead atoms. The van der Waals surface area contributed by atoms with Crippen molar-refractivity contribution in [3.05, 3.63) is 71.6 Å². The maximum Gasteiger partial charge on any atom is 0.357 e. The van der Waals surface area contributed by atoms with Crippen LogP contribution in [0.1, 0.15) is 34.6 Å². The summed E-state index contributed by atoms with van der Waals surface area (Å²) < 4.78 is 34.7. The van der Waals surface area contributed by atoms with Crippen LogP contribution in [0.25, 0.3) is 0 Å². The Labute approximate surface area is 191 Å². The van der Waals surface area contributed by atoms with Crippen molar-refractivity contribution >= 4 is 11.9 Å². The lowest BCUT2D eigenvalue weighted by atomic mass is 10.0. The summed E-state index contributed by atoms with van der Waals surface area (Å²) >= 11 is 0. The lowest BCUT2D eigenvalue weighted by Gasteiger charge is -2.45. The number of rotatable bonds is 7. The van der Waals surface area contributed by atoms with Crippen LogP contribution in [0.15, 0.2) is 43.1 Å². The maximum atomic E-state index is 14.3. The summed E-state index contributed by atoms with van der Waals surface area (Å²) in [6.07, 6.45) is 1.81. The van der Waals surface area contributed by atoms with E-state index in [9.17, 15) is 18.4 Å². The number of aryl methyl sites for hydroxylation is 1. The average Bonchev–Trinajstić information content (AvgIpc) is 2.77. The molecule has 3 rings (SSSR count). The third kappa shape index (κ3) is 5.26. The molecular formula is C24H28F2N3O4+. The molecule has 1 saturated heterocycles. The first-order valence-corrected chi connectivity index (χ1v) is 10.6. The van der Waals surface area contributed by atoms with Gasteiger partial charge in [-0.2, -0.15) is 0 Å². The minimum Gasteiger partial charge on any atom is -0.483 e. The molecule has 1 aromatic heterocycles. The molecule has 176 valence electrons. The number of carboxylic acids is 1. The standard InChI is InChI=1S/C24H27F2N3O4/c1-5-22(30)29(4)9-8-28(13-16(29)3)14-21(17-7-6-15(2)19(25)10-17)33-18-11-20(26)23(24(31)32)27-12-18/h5-7,10-12,16,21H,1,8-9,13-14H2,2-4H3/p+1/t16-,21-,29?/m1/s1. The van der Waals surface area contributed by atoms with Crippen LogP contribution in [0.2, 0.25) is 0 Å². The molecule has 0 spiro atoms. The number of aromatic carboxylic acids is 1. The summed E-state index contributed by atoms with van der Waals surface area (Å²) in [6.45, 7) is 9.36. The zero-order chi connectivity index (χ0) is 24.3. The van der Waals surface area contributed by atoms with Gasteiger partial charge in [-0.05, 0) is 31.0 Å². The fourth-order valence-electron chi connectivity index (χ4n) is 3.98. The van der Waals surface area contributed by atoms with Gasteiger partial charge in [0, 0.05) is 25.2 Å². The van der Waals surface area contributed by atoms with Gasteiger partial charge in [0.1, 0.15) is 23.7 Å². The summed E-state index contributed by atoms with van der Waals surface area (Å²) in [6, 6.07) is 5.72. The van der Waals surface area contributed by atoms with Gasteiger partial charge in [-0.25, -0.2) is 23.4 Å². The number of aromatic nitrogens is 1. The summed E-state index contributed by atoms with van der Waals surface area (Å²) in [5.41, 5.74) is 0.339. The van der Waals surface area contributed by atoms with Crippen molar-refractivity contribution in [3.63, 3.8) is 0 Å². The zero-order valence-electron chi connectivity index (χ0n) is 18.9. The largest absolute Gasteiger partial charge is 0.483 e. The molecule has 1 unspecified atom stereocenters. The van der Waals surface area contributed by atoms with Gasteiger partial charge < -0.3 is 9.84 Å². The second-order valence-electron chi connectivity index (χ2n) is 8.56. The molecule has 3 atom stereocenters. The number of nitrogens with zero attached hydrogens (tertiary/aromatic N) is 3. The molecule has 1 aromatic carbocycles. The molecule has 1 N–H and O–H groups in total. The minimum absolute atomic E-state index is 0.00591. The van der Waals surface area contributed by atoms with E-state index < -0.39 is 23.6 Å². The number of quaternary nitrogens is 1. The highest BCUT2D eigenvalue weighted by atomic mass is 19.1. The van der Waals surface area contributed by atoms with Crippen molar-refractivity contribution in [3.8, 4) is 5.75 Å². The Balaban J connectivity index is 1.85. The predicted octanol–water partition coefficient (Wildman–Crippen LogP) is 3.35. The van der Waals surface area contributed by atoms with Crippen molar-refractivity contribution in [2.24, 2.45) is 0 Å². The topological polar surface area (TPSA) is 79.7 Å². The highest BCUT2D eigenvalue weighted by Crippen LogP contribution is 2.27. The van der Waals surface area contributed by atoms with Crippen LogP contribution in [-0.2, 0) is 4.79 Å². The maximum absolute atomic E-state index is 14.3. The van der Waals surface area contributed by atoms with Gasteiger partial charge in [0.15, 0.2) is 11.5 Å². The van der Waals surface area contributed by atoms with Gasteiger partial charge in [0.2, 0.25) is 0 Å². The first kappa shape index (κ1) is 24.5. The molecule has 2 heterocycles. The van der Waals surface area contributed by atoms with E-state index >= 15 is 0 Å². The fourth-order valence-corrected chi connectivity index (χ4v) is 3.98. The monoisotopic (exact) mass is 460 g/mol. The molecule has 0 aliphatic carbocycles. The van der Waals surface area contributed by atoms with E-state index in [0.717, 1.165) is 12.3 Å². The van der Waals surface area contributed by atoms with E-state index in [1.165, 1.54) is 12.1 Å². The summed E-state index contributed by atoms with van der Waals surface area (Å²) in [7, 11) is 1.88. The minimum atomic E-state index is -1.48. The van der Waals surface area contributed by atoms with Crippen LogP contribution >= 0.6 is 0 Å². The van der Waals surface area contributed by atoms with Gasteiger partial charge in [0.25, 0.3) is 0 Å². The number of halogens is 2. The summed E-state index contributed by atoms with van der Waals surface area (Å²) in [5.74, 6) is -2.89. The van der Waals surface area contributed by atoms with Crippen molar-refractivity contribution in [1.29, 1.82) is 0 Å². The Morgan fingerprint density at radius 3 is 2.67 bits per heavy atom. The molecule has 0 radical (unpaired) electrons. The second kappa shape index (κ2) is 9.76. The van der Waals surface area contributed by atoms with E-state index in [2.05, 4.69) is 16.5 Å². The Hall–Kier alpha value is -3.17. The van der Waals surface area contributed by atoms with Crippen molar-refractivity contribution < 1.29 is 32.7 Å².